The molecule has 6 atom stereocenters. The van der Waals surface area contributed by atoms with E-state index in [1.165, 1.54) is 24.3 Å². The number of benzene rings is 1. The van der Waals surface area contributed by atoms with Crippen molar-refractivity contribution in [2.45, 2.75) is 36.8 Å². The number of phenolic OH excluding ortho intramolecular Hbond substituents is 1. The molecule has 28 heavy (non-hydrogen) atoms. The molecule has 0 saturated carbocycles. The molecule has 0 bridgehead atoms. The minimum atomic E-state index is -1.68. The van der Waals surface area contributed by atoms with Gasteiger partial charge in [0.2, 0.25) is 0 Å². The summed E-state index contributed by atoms with van der Waals surface area (Å²) in [6.07, 6.45) is -8.98. The third-order valence-electron chi connectivity index (χ3n) is 4.10. The molecule has 1 fully saturated rings. The van der Waals surface area contributed by atoms with E-state index in [0.717, 1.165) is 0 Å². The average molecular weight is 395 g/mol. The molecule has 10 nitrogen and oxygen atoms in total. The topological polar surface area (TPSA) is 170 Å². The number of hydrogen-bond acceptors (Lipinski definition) is 10. The second-order valence-electron chi connectivity index (χ2n) is 6.12. The Hall–Kier alpha value is -2.52. The Morgan fingerprint density at radius 1 is 1.21 bits per heavy atom. The molecule has 1 aromatic carbocycles. The summed E-state index contributed by atoms with van der Waals surface area (Å²) in [5, 5.41) is 57.1. The smallest absolute Gasteiger partial charge is 0.338 e. The van der Waals surface area contributed by atoms with E-state index in [2.05, 4.69) is 6.58 Å². The highest BCUT2D eigenvalue weighted by Gasteiger charge is 2.45. The van der Waals surface area contributed by atoms with Crippen molar-refractivity contribution in [2.75, 3.05) is 13.2 Å². The minimum absolute atomic E-state index is 0.0153. The number of nitriles is 1. The van der Waals surface area contributed by atoms with Crippen molar-refractivity contribution in [3.05, 3.63) is 42.0 Å². The van der Waals surface area contributed by atoms with Gasteiger partial charge in [-0.1, -0.05) is 6.58 Å². The number of rotatable bonds is 7. The van der Waals surface area contributed by atoms with Gasteiger partial charge in [0.25, 0.3) is 0 Å². The average Bonchev–Trinajstić information content (AvgIpc) is 2.70. The molecule has 1 aliphatic rings. The number of hydrogen-bond donors (Lipinski definition) is 5. The minimum Gasteiger partial charge on any atom is -0.508 e. The summed E-state index contributed by atoms with van der Waals surface area (Å²) in [5.41, 5.74) is 0.209. The fourth-order valence-electron chi connectivity index (χ4n) is 2.45. The summed E-state index contributed by atoms with van der Waals surface area (Å²) in [4.78, 5) is 12.0. The summed E-state index contributed by atoms with van der Waals surface area (Å²) >= 11 is 0. The third-order valence-corrected chi connectivity index (χ3v) is 4.10. The van der Waals surface area contributed by atoms with Gasteiger partial charge in [0.15, 0.2) is 12.4 Å². The van der Waals surface area contributed by atoms with Crippen LogP contribution in [0.5, 0.6) is 5.75 Å². The van der Waals surface area contributed by atoms with E-state index in [4.69, 9.17) is 19.3 Å². The Kier molecular flexibility index (Phi) is 7.47. The molecule has 1 aromatic rings. The molecular formula is C18H21NO9. The predicted molar refractivity (Wildman–Crippen MR) is 91.8 cm³/mol. The van der Waals surface area contributed by atoms with Crippen LogP contribution in [0.1, 0.15) is 10.4 Å². The number of nitrogens with zero attached hydrogens (tertiary/aromatic N) is 1. The summed E-state index contributed by atoms with van der Waals surface area (Å²) in [6, 6.07) is 7.09. The van der Waals surface area contributed by atoms with Crippen LogP contribution in [0.4, 0.5) is 0 Å². The van der Waals surface area contributed by atoms with Gasteiger partial charge in [0, 0.05) is 5.57 Å². The van der Waals surface area contributed by atoms with Crippen molar-refractivity contribution in [1.82, 2.24) is 0 Å². The van der Waals surface area contributed by atoms with Crippen molar-refractivity contribution in [1.29, 1.82) is 5.26 Å². The molecule has 5 N–H and O–H groups in total. The van der Waals surface area contributed by atoms with Crippen LogP contribution in [-0.2, 0) is 14.2 Å². The van der Waals surface area contributed by atoms with Crippen LogP contribution < -0.4 is 0 Å². The van der Waals surface area contributed by atoms with Gasteiger partial charge < -0.3 is 39.7 Å². The first kappa shape index (κ1) is 21.8. The number of carbonyl (C=O) groups excluding carboxylic acids is 1. The maximum atomic E-state index is 12.0. The van der Waals surface area contributed by atoms with Crippen LogP contribution in [0.3, 0.4) is 0 Å². The fourth-order valence-corrected chi connectivity index (χ4v) is 2.45. The van der Waals surface area contributed by atoms with Gasteiger partial charge >= 0.3 is 5.97 Å². The van der Waals surface area contributed by atoms with Crippen LogP contribution in [0.25, 0.3) is 0 Å². The van der Waals surface area contributed by atoms with Crippen molar-refractivity contribution < 1.29 is 44.5 Å². The van der Waals surface area contributed by atoms with Crippen molar-refractivity contribution in [3.63, 3.8) is 0 Å². The number of aromatic hydroxyl groups is 1. The Morgan fingerprint density at radius 2 is 1.86 bits per heavy atom. The quantitative estimate of drug-likeness (QED) is 0.279. The number of phenols is 1. The molecule has 1 aliphatic heterocycles. The summed E-state index contributed by atoms with van der Waals surface area (Å²) in [7, 11) is 0. The summed E-state index contributed by atoms with van der Waals surface area (Å²) in [6.45, 7) is 2.58. The molecule has 1 heterocycles. The molecule has 0 amide bonds. The molecule has 0 radical (unpaired) electrons. The van der Waals surface area contributed by atoms with E-state index in [0.29, 0.717) is 0 Å². The molecular weight excluding hydrogens is 374 g/mol. The van der Waals surface area contributed by atoms with Crippen LogP contribution >= 0.6 is 0 Å². The standard InChI is InChI=1S/C18H21NO9/c1-9(8-26-17(25)10-2-4-11(21)5-3-10)12(6-19)27-18-16(24)15(23)14(22)13(7-20)28-18/h2-5,12-16,18,20-24H,1,7-8H2/t12?,13-,14-,15+,16-,18-/m1/s1. The number of ether oxygens (including phenoxy) is 3. The highest BCUT2D eigenvalue weighted by Crippen LogP contribution is 2.24. The lowest BCUT2D eigenvalue weighted by Gasteiger charge is -2.40. The van der Waals surface area contributed by atoms with Crippen molar-refractivity contribution in [2.24, 2.45) is 0 Å². The Labute approximate surface area is 160 Å². The monoisotopic (exact) mass is 395 g/mol. The van der Waals surface area contributed by atoms with Gasteiger partial charge in [-0.05, 0) is 24.3 Å². The summed E-state index contributed by atoms with van der Waals surface area (Å²) < 4.78 is 15.5. The Balaban J connectivity index is 1.95. The second-order valence-corrected chi connectivity index (χ2v) is 6.12. The lowest BCUT2D eigenvalue weighted by molar-refractivity contribution is -0.304. The maximum Gasteiger partial charge on any atom is 0.338 e. The summed E-state index contributed by atoms with van der Waals surface area (Å²) in [5.74, 6) is -0.732. The fraction of sp³-hybridized carbons (Fsp3) is 0.444. The third kappa shape index (κ3) is 5.05. The maximum absolute atomic E-state index is 12.0. The van der Waals surface area contributed by atoms with E-state index in [9.17, 15) is 30.5 Å². The van der Waals surface area contributed by atoms with Crippen LogP contribution in [-0.4, -0.2) is 81.5 Å². The van der Waals surface area contributed by atoms with Gasteiger partial charge in [-0.15, -0.1) is 0 Å². The van der Waals surface area contributed by atoms with E-state index in [1.54, 1.807) is 6.07 Å². The van der Waals surface area contributed by atoms with Crippen LogP contribution in [0, 0.1) is 11.3 Å². The first-order chi connectivity index (χ1) is 13.3. The zero-order valence-electron chi connectivity index (χ0n) is 14.7. The van der Waals surface area contributed by atoms with Crippen molar-refractivity contribution >= 4 is 5.97 Å². The van der Waals surface area contributed by atoms with Gasteiger partial charge in [-0.2, -0.15) is 5.26 Å². The van der Waals surface area contributed by atoms with Gasteiger partial charge in [-0.3, -0.25) is 0 Å². The molecule has 0 aromatic heterocycles. The first-order valence-electron chi connectivity index (χ1n) is 8.28. The SMILES string of the molecule is C=C(COC(=O)c1ccc(O)cc1)C(C#N)O[C@@H]1O[C@H](CO)[C@@H](O)[C@H](O)[C@H]1O. The largest absolute Gasteiger partial charge is 0.508 e. The molecule has 0 aliphatic carbocycles. The van der Waals surface area contributed by atoms with Crippen molar-refractivity contribution in [3.8, 4) is 11.8 Å². The molecule has 0 spiro atoms. The van der Waals surface area contributed by atoms with E-state index in [-0.39, 0.29) is 23.5 Å². The molecule has 1 saturated heterocycles. The van der Waals surface area contributed by atoms with Crippen LogP contribution in [0.2, 0.25) is 0 Å². The lowest BCUT2D eigenvalue weighted by Crippen LogP contribution is -2.59. The normalized spacial score (nSPS) is 28.2. The van der Waals surface area contributed by atoms with E-state index >= 15 is 0 Å². The molecule has 10 heteroatoms. The van der Waals surface area contributed by atoms with Crippen LogP contribution in [0.15, 0.2) is 36.4 Å². The van der Waals surface area contributed by atoms with Gasteiger partial charge in [0.05, 0.1) is 18.2 Å². The number of carbonyl (C=O) groups is 1. The number of esters is 1. The molecule has 2 rings (SSSR count). The Bertz CT molecular complexity index is 728. The zero-order valence-corrected chi connectivity index (χ0v) is 14.7. The van der Waals surface area contributed by atoms with E-state index < -0.39 is 49.4 Å². The van der Waals surface area contributed by atoms with Gasteiger partial charge in [-0.25, -0.2) is 4.79 Å². The Morgan fingerprint density at radius 3 is 2.43 bits per heavy atom. The molecule has 1 unspecified atom stereocenters. The zero-order chi connectivity index (χ0) is 20.8. The van der Waals surface area contributed by atoms with Gasteiger partial charge in [0.1, 0.15) is 36.8 Å². The number of aliphatic hydroxyl groups excluding tert-OH is 4. The lowest BCUT2D eigenvalue weighted by atomic mass is 9.99. The highest BCUT2D eigenvalue weighted by atomic mass is 16.7. The van der Waals surface area contributed by atoms with E-state index in [1.807, 2.05) is 0 Å². The highest BCUT2D eigenvalue weighted by molar-refractivity contribution is 5.89. The molecule has 152 valence electrons. The number of aliphatic hydroxyl groups is 4. The predicted octanol–water partition coefficient (Wildman–Crippen LogP) is -1.19. The first-order valence-corrected chi connectivity index (χ1v) is 8.28. The second kappa shape index (κ2) is 9.61.